The molecule has 2 nitrogen and oxygen atoms in total. The van der Waals surface area contributed by atoms with Crippen LogP contribution in [0.25, 0.3) is 0 Å². The second kappa shape index (κ2) is 4.26. The molecule has 0 aliphatic heterocycles. The van der Waals surface area contributed by atoms with Gasteiger partial charge in [-0.15, -0.1) is 0 Å². The summed E-state index contributed by atoms with van der Waals surface area (Å²) in [7, 11) is 1.59. The molecule has 0 unspecified atom stereocenters. The third kappa shape index (κ3) is 1.85. The second-order valence-electron chi connectivity index (χ2n) is 2.32. The van der Waals surface area contributed by atoms with Crippen LogP contribution in [-0.4, -0.2) is 13.4 Å². The fourth-order valence-electron chi connectivity index (χ4n) is 0.945. The first-order valence-electron chi connectivity index (χ1n) is 3.50. The van der Waals surface area contributed by atoms with Crippen molar-refractivity contribution in [3.63, 3.8) is 0 Å². The van der Waals surface area contributed by atoms with Gasteiger partial charge in [0.05, 0.1) is 7.11 Å². The van der Waals surface area contributed by atoms with Gasteiger partial charge in [-0.25, -0.2) is 0 Å². The van der Waals surface area contributed by atoms with Crippen LogP contribution < -0.4 is 4.74 Å². The summed E-state index contributed by atoms with van der Waals surface area (Å²) < 4.78 is 5.09. The van der Waals surface area contributed by atoms with Crippen molar-refractivity contribution in [3.05, 3.63) is 29.3 Å². The molecule has 0 saturated carbocycles. The van der Waals surface area contributed by atoms with Gasteiger partial charge in [-0.05, 0) is 6.07 Å². The predicted octanol–water partition coefficient (Wildman–Crippen LogP) is 2.40. The molecule has 1 rings (SSSR count). The van der Waals surface area contributed by atoms with Crippen LogP contribution in [0.2, 0.25) is 0 Å². The van der Waals surface area contributed by atoms with E-state index in [0.29, 0.717) is 5.56 Å². The first kappa shape index (κ1) is 9.26. The largest absolute Gasteiger partial charge is 0.496 e. The zero-order valence-electron chi connectivity index (χ0n) is 6.71. The monoisotopic (exact) mass is 228 g/mol. The molecule has 0 fully saturated rings. The molecule has 0 N–H and O–H groups in total. The van der Waals surface area contributed by atoms with Gasteiger partial charge in [0, 0.05) is 16.5 Å². The zero-order chi connectivity index (χ0) is 8.97. The molecule has 12 heavy (non-hydrogen) atoms. The Hall–Kier alpha value is -0.830. The molecule has 0 radical (unpaired) electrons. The van der Waals surface area contributed by atoms with E-state index in [1.54, 1.807) is 19.2 Å². The van der Waals surface area contributed by atoms with Crippen LogP contribution in [0.1, 0.15) is 15.9 Å². The minimum atomic E-state index is 0.636. The maximum atomic E-state index is 10.4. The van der Waals surface area contributed by atoms with E-state index >= 15 is 0 Å². The van der Waals surface area contributed by atoms with Crippen LogP contribution >= 0.6 is 15.9 Å². The summed E-state index contributed by atoms with van der Waals surface area (Å²) in [5.74, 6) is 0.747. The Bertz CT molecular complexity index is 284. The maximum absolute atomic E-state index is 10.4. The molecule has 3 heteroatoms. The Morgan fingerprint density at radius 1 is 1.58 bits per heavy atom. The highest BCUT2D eigenvalue weighted by Crippen LogP contribution is 2.21. The smallest absolute Gasteiger partial charge is 0.150 e. The van der Waals surface area contributed by atoms with E-state index in [0.717, 1.165) is 22.9 Å². The lowest BCUT2D eigenvalue weighted by Gasteiger charge is -2.05. The fourth-order valence-corrected chi connectivity index (χ4v) is 1.41. The minimum absolute atomic E-state index is 0.636. The van der Waals surface area contributed by atoms with Crippen molar-refractivity contribution in [2.45, 2.75) is 5.33 Å². The highest BCUT2D eigenvalue weighted by Gasteiger charge is 2.01. The number of ether oxygens (including phenoxy) is 1. The molecule has 1 aromatic carbocycles. The van der Waals surface area contributed by atoms with E-state index in [9.17, 15) is 4.79 Å². The Morgan fingerprint density at radius 3 is 2.83 bits per heavy atom. The lowest BCUT2D eigenvalue weighted by atomic mass is 10.1. The van der Waals surface area contributed by atoms with Crippen molar-refractivity contribution in [1.29, 1.82) is 0 Å². The lowest BCUT2D eigenvalue weighted by Crippen LogP contribution is -1.91. The van der Waals surface area contributed by atoms with Gasteiger partial charge in [-0.3, -0.25) is 4.79 Å². The number of halogens is 1. The molecule has 0 aliphatic rings. The predicted molar refractivity (Wildman–Crippen MR) is 51.0 cm³/mol. The Labute approximate surface area is 79.7 Å². The van der Waals surface area contributed by atoms with E-state index in [4.69, 9.17) is 4.74 Å². The van der Waals surface area contributed by atoms with Crippen molar-refractivity contribution in [1.82, 2.24) is 0 Å². The first-order valence-corrected chi connectivity index (χ1v) is 4.62. The van der Waals surface area contributed by atoms with Crippen molar-refractivity contribution in [2.75, 3.05) is 7.11 Å². The number of rotatable bonds is 3. The number of carbonyl (C=O) groups excluding carboxylic acids is 1. The molecule has 64 valence electrons. The van der Waals surface area contributed by atoms with Crippen LogP contribution in [0, 0.1) is 0 Å². The van der Waals surface area contributed by atoms with E-state index in [-0.39, 0.29) is 0 Å². The summed E-state index contributed by atoms with van der Waals surface area (Å²) in [5, 5.41) is 0.731. The first-order chi connectivity index (χ1) is 5.81. The number of hydrogen-bond donors (Lipinski definition) is 0. The molecule has 0 atom stereocenters. The molecule has 0 amide bonds. The van der Waals surface area contributed by atoms with E-state index in [2.05, 4.69) is 15.9 Å². The topological polar surface area (TPSA) is 26.3 Å². The summed E-state index contributed by atoms with van der Waals surface area (Å²) >= 11 is 3.33. The van der Waals surface area contributed by atoms with Gasteiger partial charge in [0.1, 0.15) is 12.0 Å². The molecular weight excluding hydrogens is 220 g/mol. The summed E-state index contributed by atoms with van der Waals surface area (Å²) in [6, 6.07) is 5.37. The van der Waals surface area contributed by atoms with Crippen LogP contribution in [0.3, 0.4) is 0 Å². The van der Waals surface area contributed by atoms with Gasteiger partial charge in [0.2, 0.25) is 0 Å². The third-order valence-corrected chi connectivity index (χ3v) is 2.20. The zero-order valence-corrected chi connectivity index (χ0v) is 8.30. The second-order valence-corrected chi connectivity index (χ2v) is 2.88. The average molecular weight is 229 g/mol. The number of methoxy groups -OCH3 is 1. The number of hydrogen-bond acceptors (Lipinski definition) is 2. The van der Waals surface area contributed by atoms with E-state index in [1.165, 1.54) is 0 Å². The van der Waals surface area contributed by atoms with E-state index in [1.807, 2.05) is 6.07 Å². The Morgan fingerprint density at radius 2 is 2.33 bits per heavy atom. The Kier molecular flexibility index (Phi) is 3.29. The third-order valence-electron chi connectivity index (χ3n) is 1.59. The minimum Gasteiger partial charge on any atom is -0.496 e. The molecule has 0 aromatic heterocycles. The molecular formula is C9H9BrO2. The van der Waals surface area contributed by atoms with Gasteiger partial charge in [-0.1, -0.05) is 28.1 Å². The molecule has 0 aliphatic carbocycles. The summed E-state index contributed by atoms with van der Waals surface area (Å²) in [5.41, 5.74) is 1.68. The van der Waals surface area contributed by atoms with Gasteiger partial charge in [0.15, 0.2) is 0 Å². The maximum Gasteiger partial charge on any atom is 0.150 e. The standard InChI is InChI=1S/C9H9BrO2/c1-12-9-4-7(6-11)2-3-8(9)5-10/h2-4,6H,5H2,1H3. The van der Waals surface area contributed by atoms with Crippen LogP contribution in [0.15, 0.2) is 18.2 Å². The highest BCUT2D eigenvalue weighted by atomic mass is 79.9. The lowest BCUT2D eigenvalue weighted by molar-refractivity contribution is 0.112. The van der Waals surface area contributed by atoms with Gasteiger partial charge in [0.25, 0.3) is 0 Å². The number of benzene rings is 1. The number of alkyl halides is 1. The average Bonchev–Trinajstić information content (AvgIpc) is 2.16. The molecule has 0 bridgehead atoms. The summed E-state index contributed by atoms with van der Waals surface area (Å²) in [6.45, 7) is 0. The quantitative estimate of drug-likeness (QED) is 0.587. The SMILES string of the molecule is COc1cc(C=O)ccc1CBr. The van der Waals surface area contributed by atoms with E-state index < -0.39 is 0 Å². The van der Waals surface area contributed by atoms with Gasteiger partial charge >= 0.3 is 0 Å². The molecule has 0 heterocycles. The number of carbonyl (C=O) groups is 1. The Balaban J connectivity index is 3.10. The van der Waals surface area contributed by atoms with Crippen molar-refractivity contribution < 1.29 is 9.53 Å². The number of aldehydes is 1. The van der Waals surface area contributed by atoms with Crippen LogP contribution in [-0.2, 0) is 5.33 Å². The van der Waals surface area contributed by atoms with Crippen LogP contribution in [0.4, 0.5) is 0 Å². The molecule has 1 aromatic rings. The van der Waals surface area contributed by atoms with Crippen molar-refractivity contribution in [2.24, 2.45) is 0 Å². The van der Waals surface area contributed by atoms with Crippen molar-refractivity contribution >= 4 is 22.2 Å². The van der Waals surface area contributed by atoms with Gasteiger partial charge < -0.3 is 4.74 Å². The summed E-state index contributed by atoms with van der Waals surface area (Å²) in [4.78, 5) is 10.4. The van der Waals surface area contributed by atoms with Gasteiger partial charge in [-0.2, -0.15) is 0 Å². The highest BCUT2D eigenvalue weighted by molar-refractivity contribution is 9.08. The normalized spacial score (nSPS) is 9.50. The summed E-state index contributed by atoms with van der Waals surface area (Å²) in [6.07, 6.45) is 0.806. The van der Waals surface area contributed by atoms with Crippen molar-refractivity contribution in [3.8, 4) is 5.75 Å². The molecule has 0 saturated heterocycles. The molecule has 0 spiro atoms. The fraction of sp³-hybridized carbons (Fsp3) is 0.222. The van der Waals surface area contributed by atoms with Crippen LogP contribution in [0.5, 0.6) is 5.75 Å².